The zero-order valence-electron chi connectivity index (χ0n) is 17.1. The van der Waals surface area contributed by atoms with E-state index in [4.69, 9.17) is 23.0 Å². The zero-order chi connectivity index (χ0) is 21.3. The second kappa shape index (κ2) is 6.59. The predicted octanol–water partition coefficient (Wildman–Crippen LogP) is 3.92. The Kier molecular flexibility index (Phi) is 3.77. The van der Waals surface area contributed by atoms with E-state index >= 15 is 0 Å². The molecular weight excluding hydrogens is 439 g/mol. The Hall–Kier alpha value is -3.31. The summed E-state index contributed by atoms with van der Waals surface area (Å²) < 4.78 is 31.2. The first-order chi connectivity index (χ1) is 15.8. The Bertz CT molecular complexity index is 1300. The molecule has 0 aromatic heterocycles. The van der Waals surface area contributed by atoms with Crippen molar-refractivity contribution >= 4 is 37.4 Å². The highest BCUT2D eigenvalue weighted by atomic mass is 31.2. The molecule has 0 fully saturated rings. The Labute approximate surface area is 187 Å². The molecule has 0 bridgehead atoms. The van der Waals surface area contributed by atoms with Crippen LogP contribution in [0.15, 0.2) is 84.9 Å². The number of fused-ring (bicyclic) bond motifs is 2. The molecule has 0 saturated carbocycles. The summed E-state index contributed by atoms with van der Waals surface area (Å²) in [7, 11) is -2.94. The fourth-order valence-corrected chi connectivity index (χ4v) is 11.4. The second-order valence-electron chi connectivity index (χ2n) is 7.79. The first-order valence-electron chi connectivity index (χ1n) is 10.3. The fourth-order valence-electron chi connectivity index (χ4n) is 5.11. The quantitative estimate of drug-likeness (QED) is 0.277. The highest BCUT2D eigenvalue weighted by Crippen LogP contribution is 2.47. The van der Waals surface area contributed by atoms with E-state index in [1.807, 2.05) is 60.7 Å². The van der Waals surface area contributed by atoms with E-state index in [1.54, 1.807) is 7.11 Å². The van der Waals surface area contributed by atoms with Crippen molar-refractivity contribution in [3.63, 3.8) is 0 Å². The van der Waals surface area contributed by atoms with Crippen LogP contribution in [0.25, 0.3) is 0 Å². The van der Waals surface area contributed by atoms with Crippen LogP contribution in [0.5, 0.6) is 34.5 Å². The van der Waals surface area contributed by atoms with Crippen molar-refractivity contribution in [2.45, 2.75) is 0 Å². The van der Waals surface area contributed by atoms with Gasteiger partial charge in [0.15, 0.2) is 0 Å². The molecule has 0 amide bonds. The van der Waals surface area contributed by atoms with Gasteiger partial charge in [-0.2, -0.15) is 0 Å². The van der Waals surface area contributed by atoms with E-state index < -0.39 is 16.7 Å². The molecule has 3 heterocycles. The van der Waals surface area contributed by atoms with Crippen LogP contribution < -0.4 is 39.3 Å². The maximum atomic E-state index is 6.45. The van der Waals surface area contributed by atoms with Gasteiger partial charge in [-0.25, -0.2) is 0 Å². The largest absolute Gasteiger partial charge is 0.462 e. The van der Waals surface area contributed by atoms with Crippen LogP contribution >= 0.6 is 8.60 Å². The van der Waals surface area contributed by atoms with E-state index in [-0.39, 0.29) is 0 Å². The van der Waals surface area contributed by atoms with E-state index in [1.165, 1.54) is 0 Å². The summed E-state index contributed by atoms with van der Waals surface area (Å²) in [4.78, 5) is 0. The molecule has 32 heavy (non-hydrogen) atoms. The molecule has 156 valence electrons. The maximum Gasteiger partial charge on any atom is 0.462 e. The number of hydrogen-bond acceptors (Lipinski definition) is 5. The summed E-state index contributed by atoms with van der Waals surface area (Å²) in [5.74, 6) is 4.78. The van der Waals surface area contributed by atoms with Crippen LogP contribution in [0.2, 0.25) is 0 Å². The summed E-state index contributed by atoms with van der Waals surface area (Å²) in [5.41, 5.74) is 0. The summed E-state index contributed by atoms with van der Waals surface area (Å²) in [6.07, 6.45) is 0. The first kappa shape index (κ1) is 18.3. The third kappa shape index (κ3) is 2.24. The minimum Gasteiger partial charge on any atom is -0.457 e. The van der Waals surface area contributed by atoms with Crippen molar-refractivity contribution in [3.05, 3.63) is 84.9 Å². The fraction of sp³-hybridized carbons (Fsp3) is 0.0400. The summed E-state index contributed by atoms with van der Waals surface area (Å²) in [5, 5.41) is 4.44. The van der Waals surface area contributed by atoms with Crippen molar-refractivity contribution in [3.8, 4) is 34.5 Å². The molecule has 0 radical (unpaired) electrons. The lowest BCUT2D eigenvalue weighted by Crippen LogP contribution is -2.77. The normalized spacial score (nSPS) is 16.3. The highest BCUT2D eigenvalue weighted by Gasteiger charge is 2.57. The van der Waals surface area contributed by atoms with Gasteiger partial charge < -0.3 is 18.5 Å². The first-order valence-corrected chi connectivity index (χ1v) is 13.4. The third-order valence-electron chi connectivity index (χ3n) is 6.24. The lowest BCUT2D eigenvalue weighted by molar-refractivity contribution is 0.323. The van der Waals surface area contributed by atoms with Gasteiger partial charge in [0, 0.05) is 17.5 Å². The third-order valence-corrected chi connectivity index (χ3v) is 12.2. The van der Waals surface area contributed by atoms with Crippen molar-refractivity contribution in [2.75, 3.05) is 7.11 Å². The molecule has 1 spiro atoms. The molecule has 0 atom stereocenters. The molecule has 4 aromatic rings. The molecule has 3 aliphatic rings. The number of rotatable bonds is 1. The van der Waals surface area contributed by atoms with Gasteiger partial charge in [-0.15, -0.1) is 0 Å². The molecule has 7 rings (SSSR count). The second-order valence-corrected chi connectivity index (χ2v) is 12.5. The lowest BCUT2D eigenvalue weighted by atomic mass is 10.2. The van der Waals surface area contributed by atoms with Crippen LogP contribution in [0, 0.1) is 0 Å². The van der Waals surface area contributed by atoms with Crippen molar-refractivity contribution in [1.82, 2.24) is 0 Å². The Morgan fingerprint density at radius 2 is 1.00 bits per heavy atom. The summed E-state index contributed by atoms with van der Waals surface area (Å²) in [6.45, 7) is 0. The lowest BCUT2D eigenvalue weighted by Gasteiger charge is -2.45. The molecule has 3 aliphatic heterocycles. The van der Waals surface area contributed by atoms with E-state index in [9.17, 15) is 0 Å². The van der Waals surface area contributed by atoms with E-state index in [0.717, 1.165) is 55.2 Å². The van der Waals surface area contributed by atoms with Crippen molar-refractivity contribution in [2.24, 2.45) is 0 Å². The van der Waals surface area contributed by atoms with Gasteiger partial charge >= 0.3 is 8.60 Å². The standard InChI is InChI=1S/C25H17O5PSi/c1-26-31-29-20-12-6-10-18-24(20)32(22-14-4-2-8-16(22)27-18)23-15-5-3-9-17(23)28-19-11-7-13-21(30-31)25(19)32/h2-15H,1H3. The van der Waals surface area contributed by atoms with Gasteiger partial charge in [0.1, 0.15) is 34.5 Å². The number of benzene rings is 4. The maximum absolute atomic E-state index is 6.45. The van der Waals surface area contributed by atoms with Gasteiger partial charge in [0.25, 0.3) is 0 Å². The van der Waals surface area contributed by atoms with Crippen LogP contribution in [0.1, 0.15) is 0 Å². The Morgan fingerprint density at radius 1 is 0.562 bits per heavy atom. The van der Waals surface area contributed by atoms with Crippen molar-refractivity contribution < 1.29 is 23.0 Å². The van der Waals surface area contributed by atoms with Gasteiger partial charge in [-0.1, -0.05) is 48.5 Å². The van der Waals surface area contributed by atoms with Gasteiger partial charge in [-0.05, 0) is 46.8 Å². The SMILES string of the molecule is COP1Oc2cccc3c2[Si]2(c4ccccc4O3)c3ccccc3Oc3cccc(c32)O1. The van der Waals surface area contributed by atoms with Crippen LogP contribution in [-0.2, 0) is 4.52 Å². The van der Waals surface area contributed by atoms with E-state index in [2.05, 4.69) is 24.3 Å². The molecule has 7 heteroatoms. The monoisotopic (exact) mass is 456 g/mol. The topological polar surface area (TPSA) is 46.2 Å². The molecule has 0 aliphatic carbocycles. The smallest absolute Gasteiger partial charge is 0.457 e. The molecular formula is C25H17O5PSi. The van der Waals surface area contributed by atoms with Crippen LogP contribution in [-0.4, -0.2) is 15.2 Å². The molecule has 4 aromatic carbocycles. The minimum atomic E-state index is -2.90. The summed E-state index contributed by atoms with van der Waals surface area (Å²) >= 11 is 0. The number of ether oxygens (including phenoxy) is 2. The minimum absolute atomic E-state index is 0.730. The molecule has 5 nitrogen and oxygen atoms in total. The zero-order valence-corrected chi connectivity index (χ0v) is 19.0. The number of para-hydroxylation sites is 2. The van der Waals surface area contributed by atoms with Gasteiger partial charge in [0.05, 0.1) is 0 Å². The van der Waals surface area contributed by atoms with Gasteiger partial charge in [-0.3, -0.25) is 4.52 Å². The predicted molar refractivity (Wildman–Crippen MR) is 125 cm³/mol. The molecule has 0 unspecified atom stereocenters. The average molecular weight is 456 g/mol. The van der Waals surface area contributed by atoms with Gasteiger partial charge in [0.2, 0.25) is 8.07 Å². The molecule has 0 N–H and O–H groups in total. The van der Waals surface area contributed by atoms with E-state index in [0.29, 0.717) is 0 Å². The highest BCUT2D eigenvalue weighted by molar-refractivity contribution is 7.42. The summed E-state index contributed by atoms with van der Waals surface area (Å²) in [6, 6.07) is 28.5. The van der Waals surface area contributed by atoms with Crippen LogP contribution in [0.3, 0.4) is 0 Å². The average Bonchev–Trinajstić information content (AvgIpc) is 2.82. The van der Waals surface area contributed by atoms with Crippen molar-refractivity contribution in [1.29, 1.82) is 0 Å². The number of hydrogen-bond donors (Lipinski definition) is 0. The van der Waals surface area contributed by atoms with Crippen LogP contribution in [0.4, 0.5) is 0 Å². The Balaban J connectivity index is 1.73. The molecule has 0 saturated heterocycles. The Morgan fingerprint density at radius 3 is 1.50 bits per heavy atom.